The second kappa shape index (κ2) is 6.44. The third-order valence-electron chi connectivity index (χ3n) is 4.99. The fourth-order valence-corrected chi connectivity index (χ4v) is 3.64. The highest BCUT2D eigenvalue weighted by Crippen LogP contribution is 2.36. The van der Waals surface area contributed by atoms with Crippen molar-refractivity contribution in [2.24, 2.45) is 7.05 Å². The molecule has 2 fully saturated rings. The number of imidazole rings is 1. The lowest BCUT2D eigenvalue weighted by Crippen LogP contribution is -2.46. The van der Waals surface area contributed by atoms with Crippen molar-refractivity contribution in [1.82, 2.24) is 24.4 Å². The molecule has 132 valence electrons. The molecule has 8 nitrogen and oxygen atoms in total. The number of aryl methyl sites for hydroxylation is 1. The Hall–Kier alpha value is -2.48. The van der Waals surface area contributed by atoms with E-state index in [0.717, 1.165) is 19.3 Å². The maximum atomic E-state index is 12.5. The van der Waals surface area contributed by atoms with Gasteiger partial charge in [0.25, 0.3) is 5.91 Å². The Labute approximate surface area is 146 Å². The molecule has 8 heteroatoms. The summed E-state index contributed by atoms with van der Waals surface area (Å²) in [5.74, 6) is 0.636. The van der Waals surface area contributed by atoms with Gasteiger partial charge in [-0.2, -0.15) is 0 Å². The Bertz CT molecular complexity index is 739. The minimum Gasteiger partial charge on any atom is -0.373 e. The Morgan fingerprint density at radius 2 is 2.04 bits per heavy atom. The quantitative estimate of drug-likeness (QED) is 0.899. The molecule has 2 saturated heterocycles. The summed E-state index contributed by atoms with van der Waals surface area (Å²) in [5, 5.41) is 3.33. The van der Waals surface area contributed by atoms with Gasteiger partial charge >= 0.3 is 0 Å². The number of amides is 1. The zero-order valence-electron chi connectivity index (χ0n) is 14.3. The van der Waals surface area contributed by atoms with Gasteiger partial charge in [0.05, 0.1) is 24.6 Å². The topological polar surface area (TPSA) is 85.2 Å². The van der Waals surface area contributed by atoms with E-state index in [1.807, 2.05) is 11.9 Å². The van der Waals surface area contributed by atoms with Crippen LogP contribution in [-0.4, -0.2) is 61.7 Å². The molecule has 1 amide bonds. The van der Waals surface area contributed by atoms with Gasteiger partial charge in [-0.15, -0.1) is 0 Å². The van der Waals surface area contributed by atoms with Crippen molar-refractivity contribution in [3.8, 4) is 0 Å². The van der Waals surface area contributed by atoms with Crippen molar-refractivity contribution < 1.29 is 9.53 Å². The van der Waals surface area contributed by atoms with Crippen LogP contribution in [0.15, 0.2) is 31.0 Å². The molecular weight excluding hydrogens is 320 g/mol. The van der Waals surface area contributed by atoms with Crippen molar-refractivity contribution in [3.63, 3.8) is 0 Å². The number of nitrogens with zero attached hydrogens (tertiary/aromatic N) is 5. The summed E-state index contributed by atoms with van der Waals surface area (Å²) in [6.07, 6.45) is 9.47. The predicted molar refractivity (Wildman–Crippen MR) is 91.1 cm³/mol. The van der Waals surface area contributed by atoms with Crippen LogP contribution in [-0.2, 0) is 11.8 Å². The van der Waals surface area contributed by atoms with Gasteiger partial charge in [-0.25, -0.2) is 15.0 Å². The van der Waals surface area contributed by atoms with Crippen molar-refractivity contribution in [2.45, 2.75) is 30.9 Å². The molecular formula is C17H22N6O2. The van der Waals surface area contributed by atoms with Gasteiger partial charge in [0.1, 0.15) is 5.69 Å². The van der Waals surface area contributed by atoms with Gasteiger partial charge in [0, 0.05) is 38.7 Å². The number of carbonyl (C=O) groups is 1. The highest BCUT2D eigenvalue weighted by Gasteiger charge is 2.43. The third-order valence-corrected chi connectivity index (χ3v) is 4.99. The van der Waals surface area contributed by atoms with Crippen molar-refractivity contribution in [3.05, 3.63) is 36.7 Å². The van der Waals surface area contributed by atoms with Crippen molar-refractivity contribution in [1.29, 1.82) is 0 Å². The first-order valence-corrected chi connectivity index (χ1v) is 8.58. The van der Waals surface area contributed by atoms with E-state index in [2.05, 4.69) is 20.3 Å². The normalized spacial score (nSPS) is 22.3. The second-order valence-electron chi connectivity index (χ2n) is 6.83. The number of anilines is 1. The second-order valence-corrected chi connectivity index (χ2v) is 6.83. The molecule has 2 aromatic rings. The smallest absolute Gasteiger partial charge is 0.274 e. The van der Waals surface area contributed by atoms with Gasteiger partial charge in [0.2, 0.25) is 5.95 Å². The molecule has 0 bridgehead atoms. The molecule has 2 aromatic heterocycles. The fourth-order valence-electron chi connectivity index (χ4n) is 3.64. The first kappa shape index (κ1) is 16.0. The number of aromatic nitrogens is 4. The monoisotopic (exact) mass is 342 g/mol. The molecule has 2 aliphatic heterocycles. The lowest BCUT2D eigenvalue weighted by Gasteiger charge is -2.38. The molecule has 0 radical (unpaired) electrons. The summed E-state index contributed by atoms with van der Waals surface area (Å²) in [6.45, 7) is 2.04. The Kier molecular flexibility index (Phi) is 4.12. The number of nitrogens with one attached hydrogen (secondary N) is 1. The minimum atomic E-state index is -0.145. The number of hydrogen-bond donors (Lipinski definition) is 1. The highest BCUT2D eigenvalue weighted by atomic mass is 16.5. The van der Waals surface area contributed by atoms with Gasteiger partial charge in [0.15, 0.2) is 0 Å². The molecule has 1 spiro atoms. The van der Waals surface area contributed by atoms with Crippen LogP contribution in [0.2, 0.25) is 0 Å². The van der Waals surface area contributed by atoms with E-state index in [0.29, 0.717) is 31.3 Å². The molecule has 1 atom stereocenters. The van der Waals surface area contributed by atoms with Crippen LogP contribution in [0.4, 0.5) is 5.95 Å². The maximum absolute atomic E-state index is 12.5. The number of ether oxygens (including phenoxy) is 1. The molecule has 1 N–H and O–H groups in total. The first-order valence-electron chi connectivity index (χ1n) is 8.58. The van der Waals surface area contributed by atoms with Gasteiger partial charge in [-0.3, -0.25) is 4.79 Å². The summed E-state index contributed by atoms with van der Waals surface area (Å²) in [5.41, 5.74) is 0.361. The maximum Gasteiger partial charge on any atom is 0.274 e. The van der Waals surface area contributed by atoms with Crippen LogP contribution < -0.4 is 5.32 Å². The van der Waals surface area contributed by atoms with Crippen molar-refractivity contribution >= 4 is 11.9 Å². The van der Waals surface area contributed by atoms with E-state index in [1.165, 1.54) is 0 Å². The van der Waals surface area contributed by atoms with Crippen LogP contribution >= 0.6 is 0 Å². The Balaban J connectivity index is 1.33. The molecule has 0 aliphatic carbocycles. The SMILES string of the molecule is Cn1cnc(C(=O)N2CCC3(CC2)C[C@@H](Nc2ncccn2)CO3)c1. The molecule has 0 unspecified atom stereocenters. The molecule has 4 rings (SSSR count). The van der Waals surface area contributed by atoms with Crippen LogP contribution in [0, 0.1) is 0 Å². The molecule has 0 saturated carbocycles. The van der Waals surface area contributed by atoms with Gasteiger partial charge in [-0.1, -0.05) is 0 Å². The van der Waals surface area contributed by atoms with E-state index in [9.17, 15) is 4.79 Å². The van der Waals surface area contributed by atoms with E-state index in [-0.39, 0.29) is 17.6 Å². The number of piperidine rings is 1. The summed E-state index contributed by atoms with van der Waals surface area (Å²) < 4.78 is 7.92. The van der Waals surface area contributed by atoms with E-state index in [1.54, 1.807) is 35.6 Å². The first-order chi connectivity index (χ1) is 12.1. The van der Waals surface area contributed by atoms with E-state index < -0.39 is 0 Å². The lowest BCUT2D eigenvalue weighted by atomic mass is 9.87. The summed E-state index contributed by atoms with van der Waals surface area (Å²) in [7, 11) is 1.87. The summed E-state index contributed by atoms with van der Waals surface area (Å²) in [6, 6.07) is 2.01. The number of likely N-dealkylation sites (tertiary alicyclic amines) is 1. The Morgan fingerprint density at radius 1 is 1.28 bits per heavy atom. The number of rotatable bonds is 3. The number of carbonyl (C=O) groups excluding carboxylic acids is 1. The lowest BCUT2D eigenvalue weighted by molar-refractivity contribution is -0.0388. The van der Waals surface area contributed by atoms with Crippen LogP contribution in [0.25, 0.3) is 0 Å². The van der Waals surface area contributed by atoms with Crippen LogP contribution in [0.3, 0.4) is 0 Å². The Morgan fingerprint density at radius 3 is 2.72 bits per heavy atom. The van der Waals surface area contributed by atoms with Crippen LogP contribution in [0.5, 0.6) is 0 Å². The minimum absolute atomic E-state index is 0.000748. The molecule has 2 aliphatic rings. The average Bonchev–Trinajstić information content (AvgIpc) is 3.23. The van der Waals surface area contributed by atoms with Gasteiger partial charge in [-0.05, 0) is 25.3 Å². The standard InChI is InChI=1S/C17H22N6O2/c1-22-10-14(20-12-22)15(24)23-7-3-17(4-8-23)9-13(11-25-17)21-16-18-5-2-6-19-16/h2,5-6,10,12-13H,3-4,7-9,11H2,1H3,(H,18,19,21)/t13-/m1/s1. The highest BCUT2D eigenvalue weighted by molar-refractivity contribution is 5.92. The third kappa shape index (κ3) is 3.34. The molecule has 25 heavy (non-hydrogen) atoms. The van der Waals surface area contributed by atoms with Crippen LogP contribution in [0.1, 0.15) is 29.8 Å². The summed E-state index contributed by atoms with van der Waals surface area (Å²) >= 11 is 0. The zero-order chi connectivity index (χ0) is 17.3. The number of hydrogen-bond acceptors (Lipinski definition) is 6. The van der Waals surface area contributed by atoms with E-state index in [4.69, 9.17) is 4.74 Å². The van der Waals surface area contributed by atoms with E-state index >= 15 is 0 Å². The zero-order valence-corrected chi connectivity index (χ0v) is 14.3. The molecule has 0 aromatic carbocycles. The predicted octanol–water partition coefficient (Wildman–Crippen LogP) is 1.09. The summed E-state index contributed by atoms with van der Waals surface area (Å²) in [4.78, 5) is 26.9. The average molecular weight is 342 g/mol. The largest absolute Gasteiger partial charge is 0.373 e. The van der Waals surface area contributed by atoms with Gasteiger partial charge < -0.3 is 19.5 Å². The fraction of sp³-hybridized carbons (Fsp3) is 0.529. The van der Waals surface area contributed by atoms with Crippen molar-refractivity contribution in [2.75, 3.05) is 25.0 Å². The molecule has 4 heterocycles.